The average molecular weight is 473 g/mol. The van der Waals surface area contributed by atoms with Gasteiger partial charge in [0, 0.05) is 17.3 Å². The van der Waals surface area contributed by atoms with Gasteiger partial charge < -0.3 is 15.0 Å². The summed E-state index contributed by atoms with van der Waals surface area (Å²) in [7, 11) is 0. The Morgan fingerprint density at radius 3 is 2.59 bits per heavy atom. The molecule has 4 nitrogen and oxygen atoms in total. The quantitative estimate of drug-likeness (QED) is 0.388. The summed E-state index contributed by atoms with van der Waals surface area (Å²) in [5.74, 6) is 1.43. The van der Waals surface area contributed by atoms with Gasteiger partial charge in [-0.2, -0.15) is 0 Å². The monoisotopic (exact) mass is 472 g/mol. The number of rotatable bonds is 6. The number of anilines is 1. The van der Waals surface area contributed by atoms with Gasteiger partial charge in [-0.25, -0.2) is 0 Å². The third kappa shape index (κ3) is 4.54. The van der Waals surface area contributed by atoms with E-state index in [9.17, 15) is 4.79 Å². The molecule has 0 bridgehead atoms. The summed E-state index contributed by atoms with van der Waals surface area (Å²) in [6.07, 6.45) is 6.71. The Labute approximate surface area is 206 Å². The summed E-state index contributed by atoms with van der Waals surface area (Å²) < 4.78 is 5.98. The highest BCUT2D eigenvalue weighted by molar-refractivity contribution is 8.05. The molecule has 2 fully saturated rings. The number of nitrogens with zero attached hydrogens (tertiary/aromatic N) is 1. The molecule has 5 rings (SSSR count). The van der Waals surface area contributed by atoms with Crippen molar-refractivity contribution < 1.29 is 9.53 Å². The molecule has 176 valence electrons. The van der Waals surface area contributed by atoms with Crippen LogP contribution >= 0.6 is 11.8 Å². The molecule has 3 aromatic rings. The minimum atomic E-state index is -0.128. The molecule has 1 N–H and O–H groups in total. The van der Waals surface area contributed by atoms with Crippen LogP contribution in [0.25, 0.3) is 16.8 Å². The van der Waals surface area contributed by atoms with E-state index < -0.39 is 0 Å². The predicted molar refractivity (Wildman–Crippen MR) is 143 cm³/mol. The van der Waals surface area contributed by atoms with Gasteiger partial charge in [0.15, 0.2) is 5.50 Å². The van der Waals surface area contributed by atoms with E-state index in [2.05, 4.69) is 47.5 Å². The number of carbonyl (C=O) groups excluding carboxylic acids is 1. The lowest BCUT2D eigenvalue weighted by molar-refractivity contribution is -0.129. The van der Waals surface area contributed by atoms with Gasteiger partial charge in [0.25, 0.3) is 5.91 Å². The van der Waals surface area contributed by atoms with E-state index in [0.29, 0.717) is 12.5 Å². The SMILES string of the molecule is CCOc1ccc2ccccc2c1/C=C1\SC(Nc2ccccc2)N([C@@H]2CCCC[C@@H]2C)C1=O. The van der Waals surface area contributed by atoms with Crippen molar-refractivity contribution >= 4 is 40.2 Å². The fourth-order valence-corrected chi connectivity index (χ4v) is 6.40. The second-order valence-corrected chi connectivity index (χ2v) is 10.3. The van der Waals surface area contributed by atoms with Crippen molar-refractivity contribution in [2.24, 2.45) is 5.92 Å². The van der Waals surface area contributed by atoms with Gasteiger partial charge in [-0.1, -0.05) is 80.1 Å². The number of amides is 1. The molecule has 34 heavy (non-hydrogen) atoms. The van der Waals surface area contributed by atoms with Crippen LogP contribution in [0, 0.1) is 5.92 Å². The van der Waals surface area contributed by atoms with Crippen molar-refractivity contribution in [3.63, 3.8) is 0 Å². The minimum absolute atomic E-state index is 0.118. The zero-order valence-corrected chi connectivity index (χ0v) is 20.7. The zero-order valence-electron chi connectivity index (χ0n) is 19.9. The number of carbonyl (C=O) groups is 1. The maximum atomic E-state index is 13.9. The second-order valence-electron chi connectivity index (χ2n) is 9.16. The van der Waals surface area contributed by atoms with Crippen LogP contribution in [-0.4, -0.2) is 29.0 Å². The van der Waals surface area contributed by atoms with Gasteiger partial charge in [0.05, 0.1) is 11.5 Å². The van der Waals surface area contributed by atoms with Crippen molar-refractivity contribution in [2.45, 2.75) is 51.1 Å². The molecule has 1 heterocycles. The molecule has 0 spiro atoms. The van der Waals surface area contributed by atoms with Crippen molar-refractivity contribution in [3.05, 3.63) is 77.2 Å². The van der Waals surface area contributed by atoms with Gasteiger partial charge in [-0.15, -0.1) is 0 Å². The highest BCUT2D eigenvalue weighted by Gasteiger charge is 2.43. The molecule has 0 radical (unpaired) electrons. The van der Waals surface area contributed by atoms with E-state index in [1.165, 1.54) is 19.3 Å². The Balaban J connectivity index is 1.56. The summed E-state index contributed by atoms with van der Waals surface area (Å²) in [6.45, 7) is 4.87. The highest BCUT2D eigenvalue weighted by Crippen LogP contribution is 2.43. The molecule has 1 saturated heterocycles. The van der Waals surface area contributed by atoms with Crippen molar-refractivity contribution in [2.75, 3.05) is 11.9 Å². The molecule has 3 atom stereocenters. The number of fused-ring (bicyclic) bond motifs is 1. The lowest BCUT2D eigenvalue weighted by Gasteiger charge is -2.39. The Hall–Kier alpha value is -2.92. The van der Waals surface area contributed by atoms with E-state index in [4.69, 9.17) is 4.74 Å². The zero-order chi connectivity index (χ0) is 23.5. The molecule has 1 aliphatic heterocycles. The first kappa shape index (κ1) is 22.9. The Bertz CT molecular complexity index is 1190. The minimum Gasteiger partial charge on any atom is -0.493 e. The molecule has 1 amide bonds. The van der Waals surface area contributed by atoms with E-state index in [1.54, 1.807) is 11.8 Å². The predicted octanol–water partition coefficient (Wildman–Crippen LogP) is 7.13. The molecule has 5 heteroatoms. The van der Waals surface area contributed by atoms with Gasteiger partial charge in [-0.3, -0.25) is 4.79 Å². The molecule has 1 aliphatic carbocycles. The van der Waals surface area contributed by atoms with Crippen LogP contribution < -0.4 is 10.1 Å². The van der Waals surface area contributed by atoms with Gasteiger partial charge in [-0.05, 0) is 60.7 Å². The van der Waals surface area contributed by atoms with E-state index >= 15 is 0 Å². The molecule has 1 saturated carbocycles. The molecule has 3 aromatic carbocycles. The molecular formula is C29H32N2O2S. The lowest BCUT2D eigenvalue weighted by Crippen LogP contribution is -2.48. The first-order valence-electron chi connectivity index (χ1n) is 12.3. The number of para-hydroxylation sites is 1. The average Bonchev–Trinajstić information content (AvgIpc) is 3.16. The number of hydrogen-bond acceptors (Lipinski definition) is 4. The summed E-state index contributed by atoms with van der Waals surface area (Å²) >= 11 is 1.62. The summed E-state index contributed by atoms with van der Waals surface area (Å²) in [6, 6.07) is 22.8. The smallest absolute Gasteiger partial charge is 0.262 e. The summed E-state index contributed by atoms with van der Waals surface area (Å²) in [4.78, 5) is 16.8. The molecular weight excluding hydrogens is 440 g/mol. The van der Waals surface area contributed by atoms with Crippen molar-refractivity contribution in [3.8, 4) is 5.75 Å². The Morgan fingerprint density at radius 2 is 1.79 bits per heavy atom. The number of ether oxygens (including phenoxy) is 1. The summed E-state index contributed by atoms with van der Waals surface area (Å²) in [5, 5.41) is 5.87. The Kier molecular flexibility index (Phi) is 6.82. The van der Waals surface area contributed by atoms with Gasteiger partial charge in [0.2, 0.25) is 0 Å². The topological polar surface area (TPSA) is 41.6 Å². The van der Waals surface area contributed by atoms with Crippen LogP contribution in [0.2, 0.25) is 0 Å². The van der Waals surface area contributed by atoms with E-state index in [0.717, 1.165) is 39.1 Å². The van der Waals surface area contributed by atoms with Crippen molar-refractivity contribution in [1.82, 2.24) is 4.90 Å². The second kappa shape index (κ2) is 10.1. The Morgan fingerprint density at radius 1 is 1.03 bits per heavy atom. The molecule has 0 aromatic heterocycles. The normalized spacial score (nSPS) is 24.1. The fourth-order valence-electron chi connectivity index (χ4n) is 5.20. The van der Waals surface area contributed by atoms with Crippen LogP contribution in [0.1, 0.15) is 45.1 Å². The third-order valence-corrected chi connectivity index (χ3v) is 8.04. The first-order chi connectivity index (χ1) is 16.7. The van der Waals surface area contributed by atoms with Crippen LogP contribution in [0.3, 0.4) is 0 Å². The number of benzene rings is 3. The molecule has 2 aliphatic rings. The highest BCUT2D eigenvalue weighted by atomic mass is 32.2. The lowest BCUT2D eigenvalue weighted by atomic mass is 9.85. The third-order valence-electron chi connectivity index (χ3n) is 6.93. The maximum absolute atomic E-state index is 13.9. The van der Waals surface area contributed by atoms with Crippen LogP contribution in [-0.2, 0) is 4.79 Å². The molecule has 1 unspecified atom stereocenters. The van der Waals surface area contributed by atoms with E-state index in [1.807, 2.05) is 49.4 Å². The summed E-state index contributed by atoms with van der Waals surface area (Å²) in [5.41, 5.74) is 1.88. The fraction of sp³-hybridized carbons (Fsp3) is 0.345. The largest absolute Gasteiger partial charge is 0.493 e. The maximum Gasteiger partial charge on any atom is 0.262 e. The number of thioether (sulfide) groups is 1. The van der Waals surface area contributed by atoms with Crippen LogP contribution in [0.15, 0.2) is 71.6 Å². The van der Waals surface area contributed by atoms with Crippen LogP contribution in [0.5, 0.6) is 5.75 Å². The standard InChI is InChI=1S/C29H32N2O2S/c1-3-33-26-18-17-21-12-8-9-15-23(21)24(26)19-27-28(32)31(25-16-10-7-11-20(25)2)29(34-27)30-22-13-5-4-6-14-22/h4-6,8-9,12-15,17-20,25,29-30H,3,7,10-11,16H2,1-2H3/b27-19-/t20-,25+,29?/m0/s1. The van der Waals surface area contributed by atoms with E-state index in [-0.39, 0.29) is 17.4 Å². The first-order valence-corrected chi connectivity index (χ1v) is 13.2. The number of nitrogens with one attached hydrogen (secondary N) is 1. The van der Waals surface area contributed by atoms with Gasteiger partial charge >= 0.3 is 0 Å². The van der Waals surface area contributed by atoms with Gasteiger partial charge in [0.1, 0.15) is 5.75 Å². The van der Waals surface area contributed by atoms with Crippen molar-refractivity contribution in [1.29, 1.82) is 0 Å². The number of hydrogen-bond donors (Lipinski definition) is 1. The van der Waals surface area contributed by atoms with Crippen LogP contribution in [0.4, 0.5) is 5.69 Å².